The van der Waals surface area contributed by atoms with E-state index in [1.165, 1.54) is 84.5 Å². The van der Waals surface area contributed by atoms with E-state index < -0.39 is 0 Å². The summed E-state index contributed by atoms with van der Waals surface area (Å²) in [5.74, 6) is 0.844. The molecule has 4 atom stereocenters. The Balaban J connectivity index is 1.09. The minimum atomic E-state index is -0.232. The Kier molecular flexibility index (Phi) is 9.33. The Morgan fingerprint density at radius 3 is 2.48 bits per heavy atom. The summed E-state index contributed by atoms with van der Waals surface area (Å²) >= 11 is 0. The maximum atomic E-state index is 4.86. The van der Waals surface area contributed by atoms with Gasteiger partial charge in [0.2, 0.25) is 0 Å². The van der Waals surface area contributed by atoms with Crippen LogP contribution in [0.25, 0.3) is 22.4 Å². The summed E-state index contributed by atoms with van der Waals surface area (Å²) in [6.45, 7) is 7.32. The molecule has 3 unspecified atom stereocenters. The highest BCUT2D eigenvalue weighted by molar-refractivity contribution is 5.96. The second-order valence-electron chi connectivity index (χ2n) is 17.7. The van der Waals surface area contributed by atoms with Crippen molar-refractivity contribution >= 4 is 39.5 Å². The van der Waals surface area contributed by atoms with Crippen LogP contribution < -0.4 is 9.80 Å². The van der Waals surface area contributed by atoms with Gasteiger partial charge in [-0.05, 0) is 146 Å². The predicted octanol–water partition coefficient (Wildman–Crippen LogP) is 15.0. The summed E-state index contributed by atoms with van der Waals surface area (Å²) in [6, 6.07) is 39.7. The number of nitrogens with zero attached hydrogens (tertiary/aromatic N) is 2. The summed E-state index contributed by atoms with van der Waals surface area (Å²) in [5.41, 5.74) is 17.4. The molecule has 2 nitrogen and oxygen atoms in total. The Hall–Kier alpha value is -6.12. The minimum absolute atomic E-state index is 0.232. The van der Waals surface area contributed by atoms with Crippen molar-refractivity contribution < 1.29 is 0 Å². The molecule has 11 rings (SSSR count). The first kappa shape index (κ1) is 36.9. The number of benzene rings is 5. The number of rotatable bonds is 8. The molecule has 0 heterocycles. The molecule has 60 heavy (non-hydrogen) atoms. The number of anilines is 3. The van der Waals surface area contributed by atoms with Gasteiger partial charge in [-0.1, -0.05) is 146 Å². The number of allylic oxidation sites excluding steroid dienone is 12. The smallest absolute Gasteiger partial charge is 0.0533 e. The zero-order valence-electron chi connectivity index (χ0n) is 34.9. The minimum Gasteiger partial charge on any atom is -0.338 e. The Morgan fingerprint density at radius 1 is 0.750 bits per heavy atom. The molecule has 296 valence electrons. The Bertz CT molecular complexity index is 2760. The molecular weight excluding hydrogens is 725 g/mol. The summed E-state index contributed by atoms with van der Waals surface area (Å²) in [7, 11) is 0. The van der Waals surface area contributed by atoms with Crippen molar-refractivity contribution in [2.75, 3.05) is 9.80 Å². The van der Waals surface area contributed by atoms with Gasteiger partial charge in [0.15, 0.2) is 0 Å². The molecule has 0 radical (unpaired) electrons. The molecule has 0 aromatic heterocycles. The van der Waals surface area contributed by atoms with E-state index in [2.05, 4.69) is 187 Å². The van der Waals surface area contributed by atoms with E-state index in [9.17, 15) is 0 Å². The molecule has 0 N–H and O–H groups in total. The zero-order chi connectivity index (χ0) is 40.2. The number of hydrogen-bond donors (Lipinski definition) is 0. The molecule has 0 aliphatic heterocycles. The molecule has 2 heteroatoms. The quantitative estimate of drug-likeness (QED) is 0.114. The van der Waals surface area contributed by atoms with Gasteiger partial charge in [0.1, 0.15) is 0 Å². The number of fused-ring (bicyclic) bond motifs is 9. The van der Waals surface area contributed by atoms with Crippen molar-refractivity contribution in [2.45, 2.75) is 82.1 Å². The van der Waals surface area contributed by atoms with E-state index in [0.29, 0.717) is 17.9 Å². The molecule has 0 saturated carbocycles. The first-order valence-electron chi connectivity index (χ1n) is 22.5. The third-order valence-corrected chi connectivity index (χ3v) is 14.6. The fourth-order valence-corrected chi connectivity index (χ4v) is 12.0. The van der Waals surface area contributed by atoms with Crippen LogP contribution >= 0.6 is 0 Å². The van der Waals surface area contributed by atoms with Crippen molar-refractivity contribution in [3.05, 3.63) is 221 Å². The van der Waals surface area contributed by atoms with Gasteiger partial charge in [0.25, 0.3) is 0 Å². The van der Waals surface area contributed by atoms with Gasteiger partial charge >= 0.3 is 0 Å². The SMILES string of the molecule is C=C(/C=C\C1=C(C)C2(c3cc(N(C4=CC=CCC4)c4cccc5c4C=CCC5)ccc31)c1ccccc1C1C=CCC[C@@H]12)N(c1cccc2ccccc12)C1CC=CCC1. The highest BCUT2D eigenvalue weighted by Crippen LogP contribution is 2.66. The lowest BCUT2D eigenvalue weighted by atomic mass is 9.63. The van der Waals surface area contributed by atoms with Crippen LogP contribution in [0.15, 0.2) is 187 Å². The molecule has 6 aliphatic rings. The molecule has 0 amide bonds. The molecule has 0 saturated heterocycles. The van der Waals surface area contributed by atoms with Crippen molar-refractivity contribution in [2.24, 2.45) is 5.92 Å². The molecule has 0 fully saturated rings. The number of hydrogen-bond acceptors (Lipinski definition) is 2. The molecule has 5 aromatic carbocycles. The van der Waals surface area contributed by atoms with E-state index in [1.54, 1.807) is 0 Å². The largest absolute Gasteiger partial charge is 0.338 e. The van der Waals surface area contributed by atoms with E-state index in [0.717, 1.165) is 57.1 Å². The van der Waals surface area contributed by atoms with Gasteiger partial charge in [-0.25, -0.2) is 0 Å². The first-order valence-corrected chi connectivity index (χ1v) is 22.5. The third-order valence-electron chi connectivity index (χ3n) is 14.6. The van der Waals surface area contributed by atoms with Gasteiger partial charge < -0.3 is 9.80 Å². The van der Waals surface area contributed by atoms with Crippen molar-refractivity contribution in [3.8, 4) is 0 Å². The maximum absolute atomic E-state index is 4.86. The average molecular weight is 779 g/mol. The summed E-state index contributed by atoms with van der Waals surface area (Å²) in [4.78, 5) is 5.13. The molecular formula is C58H54N2. The van der Waals surface area contributed by atoms with Crippen LogP contribution in [-0.4, -0.2) is 6.04 Å². The van der Waals surface area contributed by atoms with E-state index in [1.807, 2.05) is 0 Å². The summed E-state index contributed by atoms with van der Waals surface area (Å²) in [5, 5.41) is 2.54. The molecule has 1 spiro atoms. The van der Waals surface area contributed by atoms with Crippen LogP contribution in [0.5, 0.6) is 0 Å². The lowest BCUT2D eigenvalue weighted by Gasteiger charge is -2.39. The number of aryl methyl sites for hydroxylation is 1. The van der Waals surface area contributed by atoms with Crippen LogP contribution in [0, 0.1) is 5.92 Å². The highest BCUT2D eigenvalue weighted by Gasteiger charge is 2.57. The van der Waals surface area contributed by atoms with Gasteiger partial charge in [-0.15, -0.1) is 0 Å². The molecule has 6 aliphatic carbocycles. The fraction of sp³-hybridized carbons (Fsp3) is 0.241. The topological polar surface area (TPSA) is 6.48 Å². The lowest BCUT2D eigenvalue weighted by molar-refractivity contribution is 0.345. The second-order valence-corrected chi connectivity index (χ2v) is 17.7. The van der Waals surface area contributed by atoms with E-state index in [4.69, 9.17) is 6.58 Å². The van der Waals surface area contributed by atoms with E-state index in [-0.39, 0.29) is 5.41 Å². The lowest BCUT2D eigenvalue weighted by Crippen LogP contribution is -2.35. The first-order chi connectivity index (χ1) is 29.6. The van der Waals surface area contributed by atoms with Crippen molar-refractivity contribution in [3.63, 3.8) is 0 Å². The highest BCUT2D eigenvalue weighted by atomic mass is 15.2. The second kappa shape index (κ2) is 15.2. The van der Waals surface area contributed by atoms with Gasteiger partial charge in [0.05, 0.1) is 5.69 Å². The molecule has 0 bridgehead atoms. The Labute approximate surface area is 356 Å². The Morgan fingerprint density at radius 2 is 1.58 bits per heavy atom. The van der Waals surface area contributed by atoms with Crippen LogP contribution in [-0.2, 0) is 11.8 Å². The summed E-state index contributed by atoms with van der Waals surface area (Å²) in [6.07, 6.45) is 35.8. The monoisotopic (exact) mass is 778 g/mol. The van der Waals surface area contributed by atoms with Gasteiger partial charge in [-0.3, -0.25) is 0 Å². The fourth-order valence-electron chi connectivity index (χ4n) is 12.0. The predicted molar refractivity (Wildman–Crippen MR) is 255 cm³/mol. The van der Waals surface area contributed by atoms with Crippen LogP contribution in [0.1, 0.15) is 97.6 Å². The standard InChI is InChI=1S/C58H54N2/c1-40(59(44-23-5-3-6-24-44)56-33-17-21-42-19-9-11-27-48(42)56)35-37-47-41(2)58(53-31-15-13-29-50(53)51-30-14-16-32-54(51)58)55-39-46(36-38-52(47)55)60(45-25-7-4-8-26-45)57-34-18-22-43-20-10-12-28-49(43)57/h3-5,7,9,11-15,17-19,21-22,25,27-31,33-39,44,51,54H,1,6,8,10,16,20,23-24,26,32H2,2H3/b37-35-/t44?,51?,54-,58?/m0/s1. The zero-order valence-corrected chi connectivity index (χ0v) is 34.9. The summed E-state index contributed by atoms with van der Waals surface area (Å²) < 4.78 is 0. The van der Waals surface area contributed by atoms with E-state index >= 15 is 0 Å². The average Bonchev–Trinajstić information content (AvgIpc) is 3.74. The van der Waals surface area contributed by atoms with Crippen LogP contribution in [0.3, 0.4) is 0 Å². The normalized spacial score (nSPS) is 23.5. The maximum Gasteiger partial charge on any atom is 0.0533 e. The van der Waals surface area contributed by atoms with Gasteiger partial charge in [0, 0.05) is 51.1 Å². The van der Waals surface area contributed by atoms with Gasteiger partial charge in [-0.2, -0.15) is 0 Å². The third kappa shape index (κ3) is 5.82. The van der Waals surface area contributed by atoms with Crippen molar-refractivity contribution in [1.82, 2.24) is 0 Å². The van der Waals surface area contributed by atoms with Crippen molar-refractivity contribution in [1.29, 1.82) is 0 Å². The van der Waals surface area contributed by atoms with Crippen LogP contribution in [0.4, 0.5) is 17.1 Å². The van der Waals surface area contributed by atoms with Crippen LogP contribution in [0.2, 0.25) is 0 Å². The molecule has 5 aromatic rings.